The van der Waals surface area contributed by atoms with Crippen LogP contribution in [0, 0.1) is 0 Å². The van der Waals surface area contributed by atoms with Crippen molar-refractivity contribution in [1.82, 2.24) is 9.88 Å². The van der Waals surface area contributed by atoms with Crippen LogP contribution in [0.5, 0.6) is 11.5 Å². The van der Waals surface area contributed by atoms with Crippen molar-refractivity contribution < 1.29 is 10.2 Å². The van der Waals surface area contributed by atoms with E-state index in [4.69, 9.17) is 0 Å². The molecule has 2 aromatic carbocycles. The normalized spacial score (nSPS) is 12.7. The minimum atomic E-state index is -0.211. The van der Waals surface area contributed by atoms with Gasteiger partial charge in [-0.05, 0) is 51.6 Å². The Morgan fingerprint density at radius 2 is 1.21 bits per heavy atom. The standard InChI is InChI=1S/C34H49N3O2/c1-32(2,3)25-16-23(30(38)28(18-25)33(4,5)6)20-37(22-26-14-12-13-15-35-26)21-24-17-27(36(10)11)19-29(31(24)39)34(7,8)9/h12-19,38-39H,20-22H2,1-11H3. The van der Waals surface area contributed by atoms with Crippen LogP contribution in [0.2, 0.25) is 0 Å². The van der Waals surface area contributed by atoms with E-state index in [9.17, 15) is 10.2 Å². The summed E-state index contributed by atoms with van der Waals surface area (Å²) in [5.74, 6) is 0.685. The summed E-state index contributed by atoms with van der Waals surface area (Å²) in [6, 6.07) is 14.4. The van der Waals surface area contributed by atoms with Crippen molar-refractivity contribution in [3.05, 3.63) is 82.2 Å². The quantitative estimate of drug-likeness (QED) is 0.328. The molecule has 0 saturated carbocycles. The lowest BCUT2D eigenvalue weighted by Crippen LogP contribution is -2.25. The monoisotopic (exact) mass is 531 g/mol. The SMILES string of the molecule is CN(C)c1cc(CN(Cc2ccccn2)Cc2cc(C(C)(C)C)cc(C(C)(C)C)c2O)c(O)c(C(C)(C)C)c1. The first kappa shape index (κ1) is 30.5. The molecule has 3 aromatic rings. The zero-order valence-electron chi connectivity index (χ0n) is 26.0. The molecule has 5 heteroatoms. The van der Waals surface area contributed by atoms with E-state index in [1.54, 1.807) is 0 Å². The van der Waals surface area contributed by atoms with E-state index in [0.717, 1.165) is 33.6 Å². The van der Waals surface area contributed by atoms with Crippen molar-refractivity contribution in [3.63, 3.8) is 0 Å². The highest BCUT2D eigenvalue weighted by molar-refractivity contribution is 5.58. The minimum Gasteiger partial charge on any atom is -0.507 e. The summed E-state index contributed by atoms with van der Waals surface area (Å²) in [7, 11) is 4.05. The van der Waals surface area contributed by atoms with Gasteiger partial charge in [0.2, 0.25) is 0 Å². The number of hydrogen-bond acceptors (Lipinski definition) is 5. The Hall–Kier alpha value is -3.05. The Morgan fingerprint density at radius 1 is 0.667 bits per heavy atom. The van der Waals surface area contributed by atoms with Gasteiger partial charge in [0.25, 0.3) is 0 Å². The summed E-state index contributed by atoms with van der Waals surface area (Å²) in [5.41, 5.74) is 6.36. The van der Waals surface area contributed by atoms with Crippen LogP contribution in [0.4, 0.5) is 5.69 Å². The number of nitrogens with zero attached hydrogens (tertiary/aromatic N) is 3. The molecule has 212 valence electrons. The lowest BCUT2D eigenvalue weighted by Gasteiger charge is -2.30. The zero-order valence-corrected chi connectivity index (χ0v) is 26.0. The molecule has 0 aliphatic carbocycles. The summed E-state index contributed by atoms with van der Waals surface area (Å²) < 4.78 is 0. The first-order valence-corrected chi connectivity index (χ1v) is 13.9. The molecular formula is C34H49N3O2. The maximum atomic E-state index is 11.5. The highest BCUT2D eigenvalue weighted by Crippen LogP contribution is 2.40. The van der Waals surface area contributed by atoms with Crippen LogP contribution in [0.1, 0.15) is 95.8 Å². The van der Waals surface area contributed by atoms with Gasteiger partial charge in [0.15, 0.2) is 0 Å². The second-order valence-electron chi connectivity index (χ2n) is 14.1. The number of phenols is 2. The van der Waals surface area contributed by atoms with Gasteiger partial charge in [-0.3, -0.25) is 9.88 Å². The Balaban J connectivity index is 2.15. The molecule has 0 aliphatic rings. The molecule has 0 radical (unpaired) electrons. The van der Waals surface area contributed by atoms with E-state index >= 15 is 0 Å². The third-order valence-corrected chi connectivity index (χ3v) is 7.26. The molecule has 2 N–H and O–H groups in total. The van der Waals surface area contributed by atoms with Crippen LogP contribution in [-0.2, 0) is 35.9 Å². The highest BCUT2D eigenvalue weighted by Gasteiger charge is 2.27. The van der Waals surface area contributed by atoms with E-state index in [1.807, 2.05) is 38.5 Å². The number of aromatic nitrogens is 1. The van der Waals surface area contributed by atoms with E-state index in [1.165, 1.54) is 5.56 Å². The third kappa shape index (κ3) is 7.54. The Morgan fingerprint density at radius 3 is 1.67 bits per heavy atom. The fourth-order valence-corrected chi connectivity index (χ4v) is 4.82. The Labute approximate surface area is 236 Å². The number of anilines is 1. The van der Waals surface area contributed by atoms with E-state index in [0.29, 0.717) is 31.1 Å². The molecule has 0 bridgehead atoms. The molecule has 0 fully saturated rings. The summed E-state index contributed by atoms with van der Waals surface area (Å²) in [6.07, 6.45) is 1.81. The average Bonchev–Trinajstić information content (AvgIpc) is 2.79. The second kappa shape index (κ2) is 11.2. The number of benzene rings is 2. The topological polar surface area (TPSA) is 59.8 Å². The first-order chi connectivity index (χ1) is 17.9. The Kier molecular flexibility index (Phi) is 8.76. The molecule has 0 saturated heterocycles. The second-order valence-corrected chi connectivity index (χ2v) is 14.1. The molecular weight excluding hydrogens is 482 g/mol. The van der Waals surface area contributed by atoms with Crippen LogP contribution >= 0.6 is 0 Å². The van der Waals surface area contributed by atoms with Gasteiger partial charge in [0, 0.05) is 62.3 Å². The molecule has 0 aliphatic heterocycles. The molecule has 5 nitrogen and oxygen atoms in total. The molecule has 0 atom stereocenters. The van der Waals surface area contributed by atoms with E-state index in [-0.39, 0.29) is 16.2 Å². The number of aromatic hydroxyl groups is 2. The maximum Gasteiger partial charge on any atom is 0.123 e. The summed E-state index contributed by atoms with van der Waals surface area (Å²) >= 11 is 0. The van der Waals surface area contributed by atoms with Gasteiger partial charge in [0.1, 0.15) is 11.5 Å². The zero-order chi connectivity index (χ0) is 29.3. The molecule has 0 amide bonds. The summed E-state index contributed by atoms with van der Waals surface area (Å²) in [4.78, 5) is 8.93. The third-order valence-electron chi connectivity index (χ3n) is 7.26. The van der Waals surface area contributed by atoms with Crippen molar-refractivity contribution in [1.29, 1.82) is 0 Å². The van der Waals surface area contributed by atoms with Crippen LogP contribution < -0.4 is 4.90 Å². The lowest BCUT2D eigenvalue weighted by atomic mass is 9.79. The predicted molar refractivity (Wildman–Crippen MR) is 164 cm³/mol. The van der Waals surface area contributed by atoms with Crippen LogP contribution in [0.25, 0.3) is 0 Å². The fraction of sp³-hybridized carbons (Fsp3) is 0.500. The van der Waals surface area contributed by atoms with Gasteiger partial charge in [-0.15, -0.1) is 0 Å². The van der Waals surface area contributed by atoms with E-state index < -0.39 is 0 Å². The molecule has 0 unspecified atom stereocenters. The smallest absolute Gasteiger partial charge is 0.123 e. The highest BCUT2D eigenvalue weighted by atomic mass is 16.3. The van der Waals surface area contributed by atoms with E-state index in [2.05, 4.69) is 101 Å². The van der Waals surface area contributed by atoms with Gasteiger partial charge < -0.3 is 15.1 Å². The van der Waals surface area contributed by atoms with Crippen molar-refractivity contribution in [3.8, 4) is 11.5 Å². The molecule has 0 spiro atoms. The lowest BCUT2D eigenvalue weighted by molar-refractivity contribution is 0.237. The van der Waals surface area contributed by atoms with Gasteiger partial charge in [-0.2, -0.15) is 0 Å². The number of hydrogen-bond donors (Lipinski definition) is 2. The number of phenolic OH excluding ortho intramolecular Hbond substituents is 2. The van der Waals surface area contributed by atoms with Gasteiger partial charge in [-0.1, -0.05) is 80.5 Å². The van der Waals surface area contributed by atoms with Crippen LogP contribution in [-0.4, -0.2) is 34.2 Å². The fourth-order valence-electron chi connectivity index (χ4n) is 4.82. The maximum absolute atomic E-state index is 11.5. The number of rotatable bonds is 7. The molecule has 1 aromatic heterocycles. The van der Waals surface area contributed by atoms with Crippen LogP contribution in [0.15, 0.2) is 48.7 Å². The summed E-state index contributed by atoms with van der Waals surface area (Å²) in [6.45, 7) is 21.0. The van der Waals surface area contributed by atoms with Crippen molar-refractivity contribution >= 4 is 5.69 Å². The van der Waals surface area contributed by atoms with Gasteiger partial charge >= 0.3 is 0 Å². The minimum absolute atomic E-state index is 0.0613. The molecule has 1 heterocycles. The average molecular weight is 532 g/mol. The van der Waals surface area contributed by atoms with Crippen molar-refractivity contribution in [2.24, 2.45) is 0 Å². The first-order valence-electron chi connectivity index (χ1n) is 13.9. The van der Waals surface area contributed by atoms with Gasteiger partial charge in [-0.25, -0.2) is 0 Å². The largest absolute Gasteiger partial charge is 0.507 e. The summed E-state index contributed by atoms with van der Waals surface area (Å²) in [5, 5.41) is 23.0. The van der Waals surface area contributed by atoms with Gasteiger partial charge in [0.05, 0.1) is 5.69 Å². The molecule has 3 rings (SSSR count). The Bertz CT molecular complexity index is 1280. The van der Waals surface area contributed by atoms with Crippen LogP contribution in [0.3, 0.4) is 0 Å². The molecule has 39 heavy (non-hydrogen) atoms. The number of pyridine rings is 1. The van der Waals surface area contributed by atoms with Crippen molar-refractivity contribution in [2.45, 2.75) is 98.2 Å². The van der Waals surface area contributed by atoms with Crippen molar-refractivity contribution in [2.75, 3.05) is 19.0 Å². The predicted octanol–water partition coefficient (Wildman–Crippen LogP) is 7.65.